The lowest BCUT2D eigenvalue weighted by molar-refractivity contribution is -0.139. The lowest BCUT2D eigenvalue weighted by Gasteiger charge is -2.24. The van der Waals surface area contributed by atoms with Crippen molar-refractivity contribution in [3.05, 3.63) is 59.2 Å². The van der Waals surface area contributed by atoms with E-state index in [-0.39, 0.29) is 12.1 Å². The fraction of sp³-hybridized carbons (Fsp3) is 0.292. The average Bonchev–Trinajstić information content (AvgIpc) is 3.26. The number of amides is 4. The van der Waals surface area contributed by atoms with E-state index in [1.165, 1.54) is 12.1 Å². The third kappa shape index (κ3) is 4.09. The van der Waals surface area contributed by atoms with Gasteiger partial charge in [0.05, 0.1) is 16.8 Å². The average molecular weight is 465 g/mol. The van der Waals surface area contributed by atoms with Crippen LogP contribution in [0.15, 0.2) is 42.5 Å². The SMILES string of the molecule is CC(C)(C)OC(=O)NCC(=O)N1c2ccc(N3C(=O)c4ccccc4C3=O)cc2CC1C(=O)O. The van der Waals surface area contributed by atoms with E-state index in [0.717, 1.165) is 9.80 Å². The number of carboxylic acid groups (broad SMARTS) is 1. The van der Waals surface area contributed by atoms with Gasteiger partial charge in [-0.2, -0.15) is 0 Å². The summed E-state index contributed by atoms with van der Waals surface area (Å²) in [5, 5.41) is 12.0. The first-order valence-electron chi connectivity index (χ1n) is 10.6. The van der Waals surface area contributed by atoms with Crippen LogP contribution in [0.3, 0.4) is 0 Å². The Balaban J connectivity index is 1.58. The Bertz CT molecular complexity index is 1200. The molecule has 1 atom stereocenters. The number of hydrogen-bond donors (Lipinski definition) is 2. The van der Waals surface area contributed by atoms with Crippen molar-refractivity contribution in [1.82, 2.24) is 5.32 Å². The summed E-state index contributed by atoms with van der Waals surface area (Å²) in [7, 11) is 0. The molecule has 0 saturated carbocycles. The first-order valence-corrected chi connectivity index (χ1v) is 10.6. The number of hydrogen-bond acceptors (Lipinski definition) is 6. The van der Waals surface area contributed by atoms with E-state index in [0.29, 0.717) is 22.4 Å². The molecule has 0 spiro atoms. The third-order valence-electron chi connectivity index (χ3n) is 5.44. The molecule has 4 amide bonds. The monoisotopic (exact) mass is 465 g/mol. The van der Waals surface area contributed by atoms with Crippen molar-refractivity contribution in [2.45, 2.75) is 38.8 Å². The predicted octanol–water partition coefficient (Wildman–Crippen LogP) is 2.35. The van der Waals surface area contributed by atoms with E-state index < -0.39 is 48.0 Å². The minimum Gasteiger partial charge on any atom is -0.480 e. The molecule has 0 saturated heterocycles. The van der Waals surface area contributed by atoms with Gasteiger partial charge >= 0.3 is 12.1 Å². The molecule has 4 rings (SSSR count). The number of carbonyl (C=O) groups is 5. The van der Waals surface area contributed by atoms with Gasteiger partial charge < -0.3 is 15.2 Å². The lowest BCUT2D eigenvalue weighted by atomic mass is 10.1. The minimum atomic E-state index is -1.22. The maximum Gasteiger partial charge on any atom is 0.408 e. The number of anilines is 2. The second-order valence-electron chi connectivity index (χ2n) is 8.98. The molecule has 2 N–H and O–H groups in total. The van der Waals surface area contributed by atoms with Gasteiger partial charge in [0, 0.05) is 12.1 Å². The van der Waals surface area contributed by atoms with Crippen LogP contribution in [0, 0.1) is 0 Å². The van der Waals surface area contributed by atoms with Gasteiger partial charge in [0.1, 0.15) is 18.2 Å². The van der Waals surface area contributed by atoms with Gasteiger partial charge in [0.15, 0.2) is 0 Å². The predicted molar refractivity (Wildman–Crippen MR) is 121 cm³/mol. The fourth-order valence-corrected chi connectivity index (χ4v) is 4.05. The second kappa shape index (κ2) is 8.29. The van der Waals surface area contributed by atoms with Crippen LogP contribution in [-0.4, -0.2) is 53.1 Å². The normalized spacial score (nSPS) is 16.9. The topological polar surface area (TPSA) is 133 Å². The van der Waals surface area contributed by atoms with Crippen LogP contribution in [0.25, 0.3) is 0 Å². The quantitative estimate of drug-likeness (QED) is 0.662. The van der Waals surface area contributed by atoms with E-state index >= 15 is 0 Å². The van der Waals surface area contributed by atoms with Gasteiger partial charge in [-0.3, -0.25) is 19.3 Å². The first-order chi connectivity index (χ1) is 16.0. The Kier molecular flexibility index (Phi) is 5.60. The van der Waals surface area contributed by atoms with E-state index in [1.807, 2.05) is 0 Å². The summed E-state index contributed by atoms with van der Waals surface area (Å²) >= 11 is 0. The van der Waals surface area contributed by atoms with Crippen LogP contribution in [0.2, 0.25) is 0 Å². The Hall–Kier alpha value is -4.21. The Morgan fingerprint density at radius 1 is 1.06 bits per heavy atom. The Morgan fingerprint density at radius 2 is 1.68 bits per heavy atom. The minimum absolute atomic E-state index is 0.0140. The maximum atomic E-state index is 12.9. The van der Waals surface area contributed by atoms with Gasteiger partial charge in [-0.1, -0.05) is 12.1 Å². The van der Waals surface area contributed by atoms with Crippen molar-refractivity contribution >= 4 is 41.2 Å². The molecule has 1 unspecified atom stereocenters. The third-order valence-corrected chi connectivity index (χ3v) is 5.44. The van der Waals surface area contributed by atoms with Crippen LogP contribution in [0.5, 0.6) is 0 Å². The number of imide groups is 1. The van der Waals surface area contributed by atoms with Crippen molar-refractivity contribution in [3.8, 4) is 0 Å². The van der Waals surface area contributed by atoms with Gasteiger partial charge in [-0.05, 0) is 56.7 Å². The van der Waals surface area contributed by atoms with Crippen molar-refractivity contribution in [2.24, 2.45) is 0 Å². The molecule has 10 nitrogen and oxygen atoms in total. The zero-order chi connectivity index (χ0) is 24.8. The maximum absolute atomic E-state index is 12.9. The van der Waals surface area contributed by atoms with E-state index in [1.54, 1.807) is 51.1 Å². The number of ether oxygens (including phenoxy) is 1. The van der Waals surface area contributed by atoms with Crippen LogP contribution in [0.4, 0.5) is 16.2 Å². The highest BCUT2D eigenvalue weighted by atomic mass is 16.6. The second-order valence-corrected chi connectivity index (χ2v) is 8.98. The Labute approximate surface area is 195 Å². The van der Waals surface area contributed by atoms with E-state index in [4.69, 9.17) is 4.74 Å². The van der Waals surface area contributed by atoms with Gasteiger partial charge in [0.25, 0.3) is 11.8 Å². The number of nitrogens with zero attached hydrogens (tertiary/aromatic N) is 2. The number of rotatable bonds is 4. The molecule has 2 aromatic carbocycles. The van der Waals surface area contributed by atoms with Crippen LogP contribution in [0.1, 0.15) is 47.1 Å². The highest BCUT2D eigenvalue weighted by Gasteiger charge is 2.41. The standard InChI is InChI=1S/C24H23N3O7/c1-24(2,3)34-23(33)25-12-19(28)27-17-9-8-14(10-13(17)11-18(27)22(31)32)26-20(29)15-6-4-5-7-16(15)21(26)30/h4-10,18H,11-12H2,1-3H3,(H,25,33)(H,31,32). The molecule has 0 fully saturated rings. The largest absolute Gasteiger partial charge is 0.480 e. The number of fused-ring (bicyclic) bond motifs is 2. The number of alkyl carbamates (subject to hydrolysis) is 1. The van der Waals surface area contributed by atoms with Crippen LogP contribution < -0.4 is 15.1 Å². The van der Waals surface area contributed by atoms with Crippen LogP contribution in [-0.2, 0) is 20.7 Å². The molecule has 34 heavy (non-hydrogen) atoms. The van der Waals surface area contributed by atoms with Crippen LogP contribution >= 0.6 is 0 Å². The van der Waals surface area contributed by atoms with Gasteiger partial charge in [0.2, 0.25) is 5.91 Å². The number of benzene rings is 2. The van der Waals surface area contributed by atoms with E-state index in [2.05, 4.69) is 5.32 Å². The summed E-state index contributed by atoms with van der Waals surface area (Å²) in [6.07, 6.45) is -0.812. The molecular formula is C24H23N3O7. The smallest absolute Gasteiger partial charge is 0.408 e. The summed E-state index contributed by atoms with van der Waals surface area (Å²) in [4.78, 5) is 64.4. The molecule has 0 bridgehead atoms. The zero-order valence-electron chi connectivity index (χ0n) is 18.8. The number of carbonyl (C=O) groups excluding carboxylic acids is 4. The molecule has 2 heterocycles. The Morgan fingerprint density at radius 3 is 2.24 bits per heavy atom. The zero-order valence-corrected chi connectivity index (χ0v) is 18.8. The number of carboxylic acids is 1. The van der Waals surface area contributed by atoms with Gasteiger partial charge in [-0.15, -0.1) is 0 Å². The molecule has 2 aromatic rings. The molecule has 0 aliphatic carbocycles. The lowest BCUT2D eigenvalue weighted by Crippen LogP contribution is -2.47. The first kappa shape index (κ1) is 23.0. The molecule has 10 heteroatoms. The van der Waals surface area contributed by atoms with E-state index in [9.17, 15) is 29.1 Å². The number of aliphatic carboxylic acids is 1. The van der Waals surface area contributed by atoms with Crippen molar-refractivity contribution in [1.29, 1.82) is 0 Å². The molecule has 2 aliphatic rings. The molecule has 0 aromatic heterocycles. The van der Waals surface area contributed by atoms with Gasteiger partial charge in [-0.25, -0.2) is 14.5 Å². The van der Waals surface area contributed by atoms with Crippen molar-refractivity contribution < 1.29 is 33.8 Å². The highest BCUT2D eigenvalue weighted by molar-refractivity contribution is 6.34. The summed E-state index contributed by atoms with van der Waals surface area (Å²) in [6, 6.07) is 9.82. The molecule has 2 aliphatic heterocycles. The molecule has 0 radical (unpaired) electrons. The number of nitrogens with one attached hydrogen (secondary N) is 1. The molecule has 176 valence electrons. The summed E-state index contributed by atoms with van der Waals surface area (Å²) in [5.74, 6) is -2.79. The molecular weight excluding hydrogens is 442 g/mol. The summed E-state index contributed by atoms with van der Waals surface area (Å²) in [5.41, 5.74) is 0.950. The highest BCUT2D eigenvalue weighted by Crippen LogP contribution is 2.37. The summed E-state index contributed by atoms with van der Waals surface area (Å²) in [6.45, 7) is 4.57. The van der Waals surface area contributed by atoms with Crippen molar-refractivity contribution in [2.75, 3.05) is 16.3 Å². The fourth-order valence-electron chi connectivity index (χ4n) is 4.05. The summed E-state index contributed by atoms with van der Waals surface area (Å²) < 4.78 is 5.11. The van der Waals surface area contributed by atoms with Crippen molar-refractivity contribution in [3.63, 3.8) is 0 Å².